The zero-order valence-corrected chi connectivity index (χ0v) is 11.2. The van der Waals surface area contributed by atoms with Gasteiger partial charge in [-0.2, -0.15) is 0 Å². The second-order valence-electron chi connectivity index (χ2n) is 4.57. The zero-order chi connectivity index (χ0) is 13.1. The quantitative estimate of drug-likeness (QED) is 0.899. The van der Waals surface area contributed by atoms with E-state index in [1.807, 2.05) is 17.5 Å². The van der Waals surface area contributed by atoms with E-state index in [-0.39, 0.29) is 11.8 Å². The van der Waals surface area contributed by atoms with Gasteiger partial charge in [0.15, 0.2) is 0 Å². The van der Waals surface area contributed by atoms with E-state index in [1.54, 1.807) is 17.5 Å². The minimum absolute atomic E-state index is 0.0821. The number of nitrogens with one attached hydrogen (secondary N) is 2. The molecule has 0 aliphatic carbocycles. The summed E-state index contributed by atoms with van der Waals surface area (Å²) in [6.07, 6.45) is 2.28. The highest BCUT2D eigenvalue weighted by molar-refractivity contribution is 7.09. The summed E-state index contributed by atoms with van der Waals surface area (Å²) in [5, 5.41) is 9.12. The third-order valence-electron chi connectivity index (χ3n) is 3.29. The molecule has 2 heterocycles. The van der Waals surface area contributed by atoms with Gasteiger partial charge in [-0.3, -0.25) is 4.79 Å². The van der Waals surface area contributed by atoms with Crippen molar-refractivity contribution < 1.29 is 4.79 Å². The summed E-state index contributed by atoms with van der Waals surface area (Å²) in [6, 6.07) is 8.18. The van der Waals surface area contributed by atoms with Crippen LogP contribution in [-0.2, 0) is 11.3 Å². The van der Waals surface area contributed by atoms with Gasteiger partial charge in [0.1, 0.15) is 5.01 Å². The molecule has 19 heavy (non-hydrogen) atoms. The van der Waals surface area contributed by atoms with E-state index >= 15 is 0 Å². The molecule has 0 fully saturated rings. The van der Waals surface area contributed by atoms with Crippen LogP contribution in [0.25, 0.3) is 0 Å². The fraction of sp³-hybridized carbons (Fsp3) is 0.286. The van der Waals surface area contributed by atoms with Gasteiger partial charge in [0, 0.05) is 36.1 Å². The van der Waals surface area contributed by atoms with Gasteiger partial charge in [-0.15, -0.1) is 11.3 Å². The average molecular weight is 273 g/mol. The number of fused-ring (bicyclic) bond motifs is 1. The lowest BCUT2D eigenvalue weighted by Crippen LogP contribution is -2.25. The maximum atomic E-state index is 11.9. The number of anilines is 1. The monoisotopic (exact) mass is 273 g/mol. The van der Waals surface area contributed by atoms with Crippen molar-refractivity contribution in [1.82, 2.24) is 10.3 Å². The molecule has 1 unspecified atom stereocenters. The molecule has 1 amide bonds. The van der Waals surface area contributed by atoms with E-state index < -0.39 is 0 Å². The maximum Gasteiger partial charge on any atom is 0.221 e. The van der Waals surface area contributed by atoms with E-state index in [4.69, 9.17) is 0 Å². The number of benzene rings is 1. The first-order chi connectivity index (χ1) is 9.33. The average Bonchev–Trinajstić information content (AvgIpc) is 3.07. The van der Waals surface area contributed by atoms with Crippen LogP contribution in [0.3, 0.4) is 0 Å². The topological polar surface area (TPSA) is 54.0 Å². The van der Waals surface area contributed by atoms with Gasteiger partial charge in [-0.1, -0.05) is 18.2 Å². The highest BCUT2D eigenvalue weighted by atomic mass is 32.1. The molecule has 1 aromatic heterocycles. The van der Waals surface area contributed by atoms with Crippen LogP contribution < -0.4 is 10.6 Å². The van der Waals surface area contributed by atoms with Crippen molar-refractivity contribution in [3.63, 3.8) is 0 Å². The molecule has 2 N–H and O–H groups in total. The molecular weight excluding hydrogens is 258 g/mol. The lowest BCUT2D eigenvalue weighted by atomic mass is 9.98. The van der Waals surface area contributed by atoms with Crippen molar-refractivity contribution in [2.75, 3.05) is 11.9 Å². The largest absolute Gasteiger partial charge is 0.384 e. The van der Waals surface area contributed by atoms with Crippen molar-refractivity contribution in [2.24, 2.45) is 0 Å². The normalized spacial score (nSPS) is 16.7. The predicted molar refractivity (Wildman–Crippen MR) is 76.3 cm³/mol. The molecule has 0 spiro atoms. The van der Waals surface area contributed by atoms with Gasteiger partial charge in [0.2, 0.25) is 5.91 Å². The third kappa shape index (κ3) is 2.76. The fourth-order valence-corrected chi connectivity index (χ4v) is 2.91. The molecule has 0 bridgehead atoms. The molecule has 98 valence electrons. The van der Waals surface area contributed by atoms with E-state index in [0.717, 1.165) is 17.2 Å². The van der Waals surface area contributed by atoms with Crippen LogP contribution >= 0.6 is 11.3 Å². The molecule has 0 saturated carbocycles. The van der Waals surface area contributed by atoms with E-state index in [9.17, 15) is 4.79 Å². The van der Waals surface area contributed by atoms with Crippen LogP contribution in [0.1, 0.15) is 22.9 Å². The molecule has 2 aromatic rings. The number of nitrogens with zero attached hydrogens (tertiary/aromatic N) is 1. The fourth-order valence-electron chi connectivity index (χ4n) is 2.35. The Morgan fingerprint density at radius 1 is 1.47 bits per heavy atom. The Hall–Kier alpha value is -1.88. The number of hydrogen-bond acceptors (Lipinski definition) is 4. The molecule has 1 atom stereocenters. The highest BCUT2D eigenvalue weighted by Gasteiger charge is 2.23. The highest BCUT2D eigenvalue weighted by Crippen LogP contribution is 2.32. The Kier molecular flexibility index (Phi) is 3.46. The van der Waals surface area contributed by atoms with Crippen molar-refractivity contribution in [2.45, 2.75) is 18.9 Å². The van der Waals surface area contributed by atoms with Crippen molar-refractivity contribution in [3.05, 3.63) is 46.4 Å². The SMILES string of the molecule is O=C(CC1CNc2ccccc21)NCc1nccs1. The van der Waals surface area contributed by atoms with Crippen LogP contribution in [0.15, 0.2) is 35.8 Å². The van der Waals surface area contributed by atoms with Gasteiger partial charge in [0.25, 0.3) is 0 Å². The molecule has 1 aromatic carbocycles. The van der Waals surface area contributed by atoms with Gasteiger partial charge in [0.05, 0.1) is 6.54 Å². The first-order valence-electron chi connectivity index (χ1n) is 6.31. The molecule has 1 aliphatic rings. The van der Waals surface area contributed by atoms with E-state index in [2.05, 4.69) is 27.8 Å². The minimum Gasteiger partial charge on any atom is -0.384 e. The number of para-hydroxylation sites is 1. The first-order valence-corrected chi connectivity index (χ1v) is 7.19. The van der Waals surface area contributed by atoms with Crippen LogP contribution in [0.4, 0.5) is 5.69 Å². The molecule has 0 saturated heterocycles. The van der Waals surface area contributed by atoms with Crippen molar-refractivity contribution in [1.29, 1.82) is 0 Å². The molecule has 3 rings (SSSR count). The summed E-state index contributed by atoms with van der Waals surface area (Å²) in [4.78, 5) is 16.1. The zero-order valence-electron chi connectivity index (χ0n) is 10.4. The van der Waals surface area contributed by atoms with Gasteiger partial charge < -0.3 is 10.6 Å². The van der Waals surface area contributed by atoms with Crippen LogP contribution in [0.2, 0.25) is 0 Å². The third-order valence-corrected chi connectivity index (χ3v) is 4.07. The lowest BCUT2D eigenvalue weighted by Gasteiger charge is -2.09. The number of rotatable bonds is 4. The predicted octanol–water partition coefficient (Wildman–Crippen LogP) is 2.36. The Morgan fingerprint density at radius 3 is 3.21 bits per heavy atom. The summed E-state index contributed by atoms with van der Waals surface area (Å²) in [5.41, 5.74) is 2.40. The summed E-state index contributed by atoms with van der Waals surface area (Å²) in [5.74, 6) is 0.353. The molecule has 0 radical (unpaired) electrons. The van der Waals surface area contributed by atoms with Gasteiger partial charge in [-0.25, -0.2) is 4.98 Å². The van der Waals surface area contributed by atoms with E-state index in [1.165, 1.54) is 5.56 Å². The van der Waals surface area contributed by atoms with Crippen LogP contribution in [-0.4, -0.2) is 17.4 Å². The van der Waals surface area contributed by atoms with Gasteiger partial charge >= 0.3 is 0 Å². The van der Waals surface area contributed by atoms with Gasteiger partial charge in [-0.05, 0) is 11.6 Å². The number of carbonyl (C=O) groups excluding carboxylic acids is 1. The number of carbonyl (C=O) groups is 1. The second kappa shape index (κ2) is 5.40. The number of hydrogen-bond donors (Lipinski definition) is 2. The summed E-state index contributed by atoms with van der Waals surface area (Å²) >= 11 is 1.56. The number of thiazole rings is 1. The minimum atomic E-state index is 0.0821. The van der Waals surface area contributed by atoms with Crippen LogP contribution in [0.5, 0.6) is 0 Å². The van der Waals surface area contributed by atoms with Crippen LogP contribution in [0, 0.1) is 0 Å². The lowest BCUT2D eigenvalue weighted by molar-refractivity contribution is -0.121. The Bertz CT molecular complexity index is 568. The smallest absolute Gasteiger partial charge is 0.221 e. The second-order valence-corrected chi connectivity index (χ2v) is 5.55. The Labute approximate surface area is 115 Å². The summed E-state index contributed by atoms with van der Waals surface area (Å²) in [6.45, 7) is 1.36. The summed E-state index contributed by atoms with van der Waals surface area (Å²) in [7, 11) is 0. The standard InChI is InChI=1S/C14H15N3OS/c18-13(17-9-14-15-5-6-19-14)7-10-8-16-12-4-2-1-3-11(10)12/h1-6,10,16H,7-9H2,(H,17,18). The molecule has 5 heteroatoms. The number of amides is 1. The molecule has 1 aliphatic heterocycles. The first kappa shape index (κ1) is 12.2. The Balaban J connectivity index is 1.56. The van der Waals surface area contributed by atoms with Crippen molar-refractivity contribution in [3.8, 4) is 0 Å². The molecule has 4 nitrogen and oxygen atoms in total. The van der Waals surface area contributed by atoms with Crippen molar-refractivity contribution >= 4 is 22.9 Å². The molecular formula is C14H15N3OS. The van der Waals surface area contributed by atoms with E-state index in [0.29, 0.717) is 13.0 Å². The summed E-state index contributed by atoms with van der Waals surface area (Å²) < 4.78 is 0. The Morgan fingerprint density at radius 2 is 2.37 bits per heavy atom. The number of aromatic nitrogens is 1. The maximum absolute atomic E-state index is 11.9.